The van der Waals surface area contributed by atoms with E-state index in [2.05, 4.69) is 19.9 Å². The molecule has 0 bridgehead atoms. The SMILES string of the molecule is Cc1ccc(C(=O)OCC(=O)/C=C2\N(C)c3ccccc3C2(C)C)s1. The number of thiophene rings is 1. The summed E-state index contributed by atoms with van der Waals surface area (Å²) in [6.45, 7) is 5.86. The molecule has 0 unspecified atom stereocenters. The Bertz CT molecular complexity index is 863. The van der Waals surface area contributed by atoms with Crippen molar-refractivity contribution in [1.82, 2.24) is 0 Å². The smallest absolute Gasteiger partial charge is 0.348 e. The van der Waals surface area contributed by atoms with Crippen molar-refractivity contribution < 1.29 is 14.3 Å². The molecule has 0 aliphatic carbocycles. The van der Waals surface area contributed by atoms with Crippen LogP contribution in [0.5, 0.6) is 0 Å². The van der Waals surface area contributed by atoms with Crippen LogP contribution in [-0.4, -0.2) is 25.4 Å². The summed E-state index contributed by atoms with van der Waals surface area (Å²) in [6.07, 6.45) is 1.59. The van der Waals surface area contributed by atoms with E-state index in [1.807, 2.05) is 43.1 Å². The number of fused-ring (bicyclic) bond motifs is 1. The lowest BCUT2D eigenvalue weighted by atomic mass is 9.83. The van der Waals surface area contributed by atoms with Gasteiger partial charge in [-0.05, 0) is 30.7 Å². The molecule has 0 amide bonds. The topological polar surface area (TPSA) is 46.6 Å². The molecule has 0 saturated carbocycles. The third-order valence-electron chi connectivity index (χ3n) is 4.53. The fourth-order valence-electron chi connectivity index (χ4n) is 3.21. The number of allylic oxidation sites excluding steroid dienone is 1. The minimum Gasteiger partial charge on any atom is -0.453 e. The quantitative estimate of drug-likeness (QED) is 0.612. The summed E-state index contributed by atoms with van der Waals surface area (Å²) < 4.78 is 5.15. The van der Waals surface area contributed by atoms with E-state index in [0.29, 0.717) is 4.88 Å². The molecule has 0 saturated heterocycles. The molecule has 0 radical (unpaired) electrons. The third kappa shape index (κ3) is 3.24. The molecule has 1 aliphatic rings. The van der Waals surface area contributed by atoms with E-state index in [1.165, 1.54) is 16.9 Å². The Morgan fingerprint density at radius 3 is 2.56 bits per heavy atom. The second-order valence-corrected chi connectivity index (χ2v) is 7.97. The highest BCUT2D eigenvalue weighted by atomic mass is 32.1. The van der Waals surface area contributed by atoms with Gasteiger partial charge < -0.3 is 9.64 Å². The molecule has 0 spiro atoms. The number of carbonyl (C=O) groups excluding carboxylic acids is 2. The van der Waals surface area contributed by atoms with E-state index in [1.54, 1.807) is 12.1 Å². The molecular weight excluding hydrogens is 334 g/mol. The van der Waals surface area contributed by atoms with Crippen LogP contribution in [-0.2, 0) is 14.9 Å². The van der Waals surface area contributed by atoms with E-state index in [9.17, 15) is 9.59 Å². The van der Waals surface area contributed by atoms with E-state index < -0.39 is 5.97 Å². The molecule has 4 nitrogen and oxygen atoms in total. The van der Waals surface area contributed by atoms with Gasteiger partial charge in [-0.15, -0.1) is 11.3 Å². The zero-order valence-corrected chi connectivity index (χ0v) is 15.6. The van der Waals surface area contributed by atoms with Gasteiger partial charge in [-0.2, -0.15) is 0 Å². The van der Waals surface area contributed by atoms with Gasteiger partial charge in [0.05, 0.1) is 0 Å². The van der Waals surface area contributed by atoms with Gasteiger partial charge in [0.15, 0.2) is 12.4 Å². The Morgan fingerprint density at radius 2 is 1.92 bits per heavy atom. The first-order chi connectivity index (χ1) is 11.8. The molecular formula is C20H21NO3S. The number of carbonyl (C=O) groups is 2. The van der Waals surface area contributed by atoms with Crippen molar-refractivity contribution in [3.8, 4) is 0 Å². The zero-order valence-electron chi connectivity index (χ0n) is 14.8. The molecule has 3 rings (SSSR count). The first kappa shape index (κ1) is 17.4. The highest BCUT2D eigenvalue weighted by molar-refractivity contribution is 7.13. The monoisotopic (exact) mass is 355 g/mol. The summed E-state index contributed by atoms with van der Waals surface area (Å²) in [5.74, 6) is -0.670. The number of rotatable bonds is 4. The van der Waals surface area contributed by atoms with E-state index in [4.69, 9.17) is 4.74 Å². The fraction of sp³-hybridized carbons (Fsp3) is 0.300. The standard InChI is InChI=1S/C20H21NO3S/c1-13-9-10-17(25-13)19(23)24-12-14(22)11-18-20(2,3)15-7-5-6-8-16(15)21(18)4/h5-11H,12H2,1-4H3/b18-11-. The maximum absolute atomic E-state index is 12.3. The maximum Gasteiger partial charge on any atom is 0.348 e. The Kier molecular flexibility index (Phi) is 4.52. The van der Waals surface area contributed by atoms with Crippen molar-refractivity contribution in [2.75, 3.05) is 18.6 Å². The van der Waals surface area contributed by atoms with Crippen LogP contribution in [0.2, 0.25) is 0 Å². The van der Waals surface area contributed by atoms with E-state index >= 15 is 0 Å². The number of likely N-dealkylation sites (N-methyl/N-ethyl adjacent to an activating group) is 1. The number of ketones is 1. The van der Waals surface area contributed by atoms with E-state index in [0.717, 1.165) is 16.3 Å². The second kappa shape index (κ2) is 6.48. The average molecular weight is 355 g/mol. The number of aryl methyl sites for hydroxylation is 1. The van der Waals surface area contributed by atoms with Crippen molar-refractivity contribution >= 4 is 28.8 Å². The largest absolute Gasteiger partial charge is 0.453 e. The molecule has 0 atom stereocenters. The van der Waals surface area contributed by atoms with Gasteiger partial charge in [0.1, 0.15) is 4.88 Å². The van der Waals surface area contributed by atoms with Crippen LogP contribution in [0.3, 0.4) is 0 Å². The Morgan fingerprint density at radius 1 is 1.20 bits per heavy atom. The number of nitrogens with zero attached hydrogens (tertiary/aromatic N) is 1. The first-order valence-electron chi connectivity index (χ1n) is 8.12. The normalized spacial score (nSPS) is 16.8. The predicted molar refractivity (Wildman–Crippen MR) is 100 cm³/mol. The summed E-state index contributed by atoms with van der Waals surface area (Å²) in [4.78, 5) is 27.9. The third-order valence-corrected chi connectivity index (χ3v) is 5.51. The highest BCUT2D eigenvalue weighted by Gasteiger charge is 2.38. The molecule has 130 valence electrons. The predicted octanol–water partition coefficient (Wildman–Crippen LogP) is 4.09. The molecule has 2 heterocycles. The van der Waals surface area contributed by atoms with Crippen LogP contribution in [0.1, 0.15) is 34.0 Å². The minimum atomic E-state index is -0.452. The lowest BCUT2D eigenvalue weighted by Gasteiger charge is -2.23. The summed E-state index contributed by atoms with van der Waals surface area (Å²) in [5, 5.41) is 0. The second-order valence-electron chi connectivity index (χ2n) is 6.68. The Labute approximate surface area is 151 Å². The zero-order chi connectivity index (χ0) is 18.2. The molecule has 25 heavy (non-hydrogen) atoms. The highest BCUT2D eigenvalue weighted by Crippen LogP contribution is 2.46. The van der Waals surface area contributed by atoms with Gasteiger partial charge >= 0.3 is 5.97 Å². The lowest BCUT2D eigenvalue weighted by Crippen LogP contribution is -2.25. The van der Waals surface area contributed by atoms with Gasteiger partial charge in [-0.25, -0.2) is 4.79 Å². The van der Waals surface area contributed by atoms with Gasteiger partial charge in [0.2, 0.25) is 0 Å². The number of benzene rings is 1. The Balaban J connectivity index is 1.72. The minimum absolute atomic E-state index is 0.218. The summed E-state index contributed by atoms with van der Waals surface area (Å²) >= 11 is 1.36. The number of esters is 1. The summed E-state index contributed by atoms with van der Waals surface area (Å²) in [5.41, 5.74) is 2.91. The number of ether oxygens (including phenoxy) is 1. The number of hydrogen-bond acceptors (Lipinski definition) is 5. The summed E-state index contributed by atoms with van der Waals surface area (Å²) in [7, 11) is 1.95. The van der Waals surface area contributed by atoms with Crippen molar-refractivity contribution in [1.29, 1.82) is 0 Å². The molecule has 0 fully saturated rings. The molecule has 0 N–H and O–H groups in total. The number of anilines is 1. The van der Waals surface area contributed by atoms with E-state index in [-0.39, 0.29) is 17.8 Å². The van der Waals surface area contributed by atoms with Crippen molar-refractivity contribution in [2.24, 2.45) is 0 Å². The molecule has 5 heteroatoms. The molecule has 2 aromatic rings. The van der Waals surface area contributed by atoms with Gasteiger partial charge in [0, 0.05) is 34.8 Å². The van der Waals surface area contributed by atoms with Crippen LogP contribution in [0.25, 0.3) is 0 Å². The van der Waals surface area contributed by atoms with Crippen LogP contribution in [0.15, 0.2) is 48.2 Å². The van der Waals surface area contributed by atoms with Gasteiger partial charge in [-0.3, -0.25) is 4.79 Å². The maximum atomic E-state index is 12.3. The van der Waals surface area contributed by atoms with Crippen LogP contribution >= 0.6 is 11.3 Å². The number of hydrogen-bond donors (Lipinski definition) is 0. The Hall–Kier alpha value is -2.40. The molecule has 1 aliphatic heterocycles. The number of para-hydroxylation sites is 1. The van der Waals surface area contributed by atoms with Crippen LogP contribution in [0, 0.1) is 6.92 Å². The first-order valence-corrected chi connectivity index (χ1v) is 8.94. The molecule has 1 aromatic carbocycles. The van der Waals surface area contributed by atoms with Crippen molar-refractivity contribution in [3.05, 3.63) is 63.5 Å². The lowest BCUT2D eigenvalue weighted by molar-refractivity contribution is -0.117. The van der Waals surface area contributed by atoms with Gasteiger partial charge in [-0.1, -0.05) is 32.0 Å². The van der Waals surface area contributed by atoms with Gasteiger partial charge in [0.25, 0.3) is 0 Å². The van der Waals surface area contributed by atoms with Crippen molar-refractivity contribution in [3.63, 3.8) is 0 Å². The summed E-state index contributed by atoms with van der Waals surface area (Å²) in [6, 6.07) is 11.7. The van der Waals surface area contributed by atoms with Crippen LogP contribution in [0.4, 0.5) is 5.69 Å². The molecule has 1 aromatic heterocycles. The van der Waals surface area contributed by atoms with Crippen molar-refractivity contribution in [2.45, 2.75) is 26.2 Å². The fourth-order valence-corrected chi connectivity index (χ4v) is 3.97. The average Bonchev–Trinajstić information content (AvgIpc) is 3.09. The van der Waals surface area contributed by atoms with Crippen LogP contribution < -0.4 is 4.90 Å².